The number of hydrogen-bond donors (Lipinski definition) is 3. The summed E-state index contributed by atoms with van der Waals surface area (Å²) in [5.74, 6) is 0.339. The van der Waals surface area contributed by atoms with Crippen molar-refractivity contribution in [3.8, 4) is 0 Å². The molecule has 140 valence electrons. The van der Waals surface area contributed by atoms with E-state index in [0.717, 1.165) is 38.8 Å². The summed E-state index contributed by atoms with van der Waals surface area (Å²) in [4.78, 5) is 24.5. The molecule has 2 amide bonds. The minimum absolute atomic E-state index is 0. The van der Waals surface area contributed by atoms with Gasteiger partial charge in [0.1, 0.15) is 0 Å². The summed E-state index contributed by atoms with van der Waals surface area (Å²) in [6.07, 6.45) is 4.44. The average Bonchev–Trinajstić information content (AvgIpc) is 2.59. The van der Waals surface area contributed by atoms with E-state index in [1.54, 1.807) is 18.2 Å². The smallest absolute Gasteiger partial charge is 0.253 e. The Hall–Kier alpha value is -1.30. The highest BCUT2D eigenvalue weighted by Gasteiger charge is 2.17. The minimum atomic E-state index is -0.192. The molecule has 0 bridgehead atoms. The Bertz CT molecular complexity index is 575. The molecule has 1 aromatic rings. The topological polar surface area (TPSA) is 70.2 Å². The van der Waals surface area contributed by atoms with Gasteiger partial charge in [-0.25, -0.2) is 0 Å². The second-order valence-corrected chi connectivity index (χ2v) is 6.66. The van der Waals surface area contributed by atoms with E-state index in [1.165, 1.54) is 0 Å². The van der Waals surface area contributed by atoms with Crippen molar-refractivity contribution in [1.82, 2.24) is 10.6 Å². The van der Waals surface area contributed by atoms with Crippen LogP contribution in [0.4, 0.5) is 5.69 Å². The fourth-order valence-corrected chi connectivity index (χ4v) is 3.04. The van der Waals surface area contributed by atoms with Gasteiger partial charge in [0.2, 0.25) is 5.91 Å². The van der Waals surface area contributed by atoms with E-state index < -0.39 is 0 Å². The third-order valence-corrected chi connectivity index (χ3v) is 4.51. The van der Waals surface area contributed by atoms with E-state index in [9.17, 15) is 9.59 Å². The van der Waals surface area contributed by atoms with Crippen LogP contribution in [0.5, 0.6) is 0 Å². The van der Waals surface area contributed by atoms with Crippen LogP contribution in [0, 0.1) is 5.92 Å². The molecule has 1 aromatic carbocycles. The highest BCUT2D eigenvalue weighted by Crippen LogP contribution is 2.23. The Morgan fingerprint density at radius 2 is 2.00 bits per heavy atom. The Morgan fingerprint density at radius 3 is 2.68 bits per heavy atom. The third-order valence-electron chi connectivity index (χ3n) is 4.27. The average molecular weight is 388 g/mol. The lowest BCUT2D eigenvalue weighted by Gasteiger charge is -2.22. The number of carbonyl (C=O) groups is 2. The molecule has 1 aliphatic heterocycles. The molecule has 7 heteroatoms. The molecule has 0 spiro atoms. The molecule has 0 aromatic heterocycles. The summed E-state index contributed by atoms with van der Waals surface area (Å²) in [5.41, 5.74) is 0.925. The van der Waals surface area contributed by atoms with Gasteiger partial charge in [0.15, 0.2) is 0 Å². The van der Waals surface area contributed by atoms with Gasteiger partial charge in [0, 0.05) is 18.0 Å². The van der Waals surface area contributed by atoms with Crippen molar-refractivity contribution in [2.75, 3.05) is 25.0 Å². The van der Waals surface area contributed by atoms with Crippen molar-refractivity contribution in [3.63, 3.8) is 0 Å². The first-order chi connectivity index (χ1) is 11.6. The van der Waals surface area contributed by atoms with E-state index in [-0.39, 0.29) is 24.2 Å². The number of carbonyl (C=O) groups excluding carboxylic acids is 2. The monoisotopic (exact) mass is 387 g/mol. The number of anilines is 1. The van der Waals surface area contributed by atoms with Gasteiger partial charge in [-0.05, 0) is 62.9 Å². The zero-order valence-electron chi connectivity index (χ0n) is 14.6. The van der Waals surface area contributed by atoms with E-state index in [0.29, 0.717) is 35.2 Å². The highest BCUT2D eigenvalue weighted by atomic mass is 35.5. The van der Waals surface area contributed by atoms with Crippen LogP contribution in [0.25, 0.3) is 0 Å². The van der Waals surface area contributed by atoms with Crippen LogP contribution >= 0.6 is 24.0 Å². The molecule has 3 N–H and O–H groups in total. The van der Waals surface area contributed by atoms with E-state index in [4.69, 9.17) is 11.6 Å². The van der Waals surface area contributed by atoms with Gasteiger partial charge < -0.3 is 16.0 Å². The van der Waals surface area contributed by atoms with Crippen LogP contribution in [0.3, 0.4) is 0 Å². The van der Waals surface area contributed by atoms with Crippen molar-refractivity contribution in [2.24, 2.45) is 5.92 Å². The van der Waals surface area contributed by atoms with Crippen LogP contribution in [-0.2, 0) is 4.79 Å². The quantitative estimate of drug-likeness (QED) is 0.668. The largest absolute Gasteiger partial charge is 0.352 e. The maximum Gasteiger partial charge on any atom is 0.253 e. The molecule has 2 rings (SSSR count). The van der Waals surface area contributed by atoms with Crippen molar-refractivity contribution in [3.05, 3.63) is 28.8 Å². The zero-order chi connectivity index (χ0) is 17.4. The van der Waals surface area contributed by atoms with Gasteiger partial charge in [0.25, 0.3) is 5.91 Å². The Labute approximate surface area is 160 Å². The number of halogens is 2. The van der Waals surface area contributed by atoms with E-state index in [2.05, 4.69) is 16.0 Å². The van der Waals surface area contributed by atoms with Crippen LogP contribution in [0.1, 0.15) is 49.4 Å². The molecule has 25 heavy (non-hydrogen) atoms. The van der Waals surface area contributed by atoms with Crippen molar-refractivity contribution >= 4 is 41.5 Å². The maximum atomic E-state index is 12.3. The summed E-state index contributed by atoms with van der Waals surface area (Å²) in [6.45, 7) is 4.65. The molecule has 0 aliphatic carbocycles. The van der Waals surface area contributed by atoms with Gasteiger partial charge in [-0.15, -0.1) is 12.4 Å². The molecule has 0 unspecified atom stereocenters. The molecule has 0 saturated carbocycles. The molecule has 0 radical (unpaired) electrons. The maximum absolute atomic E-state index is 12.3. The van der Waals surface area contributed by atoms with Crippen molar-refractivity contribution in [1.29, 1.82) is 0 Å². The second-order valence-electron chi connectivity index (χ2n) is 6.23. The lowest BCUT2D eigenvalue weighted by molar-refractivity contribution is -0.116. The van der Waals surface area contributed by atoms with Crippen LogP contribution < -0.4 is 16.0 Å². The van der Waals surface area contributed by atoms with Crippen LogP contribution in [0.15, 0.2) is 18.2 Å². The number of rotatable bonds is 7. The SMILES string of the molecule is CCCNC(=O)c1ccc(Cl)cc1NC(=O)CCC1CCNCC1.Cl. The van der Waals surface area contributed by atoms with Gasteiger partial charge in [-0.2, -0.15) is 0 Å². The third kappa shape index (κ3) is 7.22. The number of amides is 2. The predicted molar refractivity (Wildman–Crippen MR) is 105 cm³/mol. The summed E-state index contributed by atoms with van der Waals surface area (Å²) >= 11 is 6.02. The molecule has 1 saturated heterocycles. The molecular weight excluding hydrogens is 361 g/mol. The first-order valence-electron chi connectivity index (χ1n) is 8.68. The Kier molecular flexibility index (Phi) is 9.86. The highest BCUT2D eigenvalue weighted by molar-refractivity contribution is 6.31. The number of hydrogen-bond acceptors (Lipinski definition) is 3. The minimum Gasteiger partial charge on any atom is -0.352 e. The van der Waals surface area contributed by atoms with Gasteiger partial charge in [0.05, 0.1) is 11.3 Å². The molecular formula is C18H27Cl2N3O2. The first-order valence-corrected chi connectivity index (χ1v) is 9.06. The van der Waals surface area contributed by atoms with Crippen LogP contribution in [0.2, 0.25) is 5.02 Å². The van der Waals surface area contributed by atoms with Gasteiger partial charge in [-0.3, -0.25) is 9.59 Å². The first kappa shape index (κ1) is 21.7. The standard InChI is InChI=1S/C18H26ClN3O2.ClH/c1-2-9-21-18(24)15-5-4-14(19)12-16(15)22-17(23)6-3-13-7-10-20-11-8-13;/h4-5,12-13,20H,2-3,6-11H2,1H3,(H,21,24)(H,22,23);1H. The fourth-order valence-electron chi connectivity index (χ4n) is 2.87. The lowest BCUT2D eigenvalue weighted by Crippen LogP contribution is -2.28. The lowest BCUT2D eigenvalue weighted by atomic mass is 9.93. The summed E-state index contributed by atoms with van der Waals surface area (Å²) < 4.78 is 0. The molecule has 5 nitrogen and oxygen atoms in total. The Balaban J connectivity index is 0.00000312. The van der Waals surface area contributed by atoms with Crippen LogP contribution in [-0.4, -0.2) is 31.4 Å². The molecule has 1 aliphatic rings. The molecule has 0 atom stereocenters. The summed E-state index contributed by atoms with van der Waals surface area (Å²) in [5, 5.41) is 9.50. The van der Waals surface area contributed by atoms with Crippen molar-refractivity contribution < 1.29 is 9.59 Å². The van der Waals surface area contributed by atoms with E-state index in [1.807, 2.05) is 6.92 Å². The molecule has 1 fully saturated rings. The van der Waals surface area contributed by atoms with Crippen molar-refractivity contribution in [2.45, 2.75) is 39.0 Å². The number of benzene rings is 1. The number of piperidine rings is 1. The normalized spacial score (nSPS) is 14.5. The van der Waals surface area contributed by atoms with Gasteiger partial charge in [-0.1, -0.05) is 18.5 Å². The summed E-state index contributed by atoms with van der Waals surface area (Å²) in [6, 6.07) is 4.94. The second kappa shape index (κ2) is 11.3. The fraction of sp³-hybridized carbons (Fsp3) is 0.556. The molecule has 1 heterocycles. The zero-order valence-corrected chi connectivity index (χ0v) is 16.1. The number of nitrogens with one attached hydrogen (secondary N) is 3. The summed E-state index contributed by atoms with van der Waals surface area (Å²) in [7, 11) is 0. The van der Waals surface area contributed by atoms with Gasteiger partial charge >= 0.3 is 0 Å². The van der Waals surface area contributed by atoms with E-state index >= 15 is 0 Å². The Morgan fingerprint density at radius 1 is 1.28 bits per heavy atom. The predicted octanol–water partition coefficient (Wildman–Crippen LogP) is 3.62.